The van der Waals surface area contributed by atoms with Gasteiger partial charge in [-0.25, -0.2) is 4.68 Å². The number of benzene rings is 1. The van der Waals surface area contributed by atoms with Crippen LogP contribution in [0.5, 0.6) is 5.75 Å². The zero-order valence-corrected chi connectivity index (χ0v) is 9.78. The number of methoxy groups -OCH3 is 1. The second-order valence-electron chi connectivity index (χ2n) is 3.15. The minimum atomic E-state index is 0. The molecule has 0 spiro atoms. The fourth-order valence-electron chi connectivity index (χ4n) is 1.35. The van der Waals surface area contributed by atoms with Gasteiger partial charge in [0.15, 0.2) is 0 Å². The molecule has 0 aliphatic heterocycles. The Balaban J connectivity index is 0.00000128. The number of hydrogen-bond acceptors (Lipinski definition) is 3. The predicted octanol–water partition coefficient (Wildman–Crippen LogP) is 1.76. The van der Waals surface area contributed by atoms with E-state index in [4.69, 9.17) is 10.5 Å². The molecule has 0 bridgehead atoms. The number of nitrogens with two attached hydrogens (primary N) is 1. The molecule has 0 aliphatic rings. The normalized spacial score (nSPS) is 9.62. The molecule has 0 unspecified atom stereocenters. The molecule has 2 N–H and O–H groups in total. The van der Waals surface area contributed by atoms with E-state index in [1.165, 1.54) is 0 Å². The molecule has 0 atom stereocenters. The van der Waals surface area contributed by atoms with Crippen LogP contribution in [0.1, 0.15) is 5.69 Å². The lowest BCUT2D eigenvalue weighted by molar-refractivity contribution is 0.414. The number of hydrogen-bond donors (Lipinski definition) is 1. The van der Waals surface area contributed by atoms with Crippen LogP contribution in [-0.4, -0.2) is 16.9 Å². The summed E-state index contributed by atoms with van der Waals surface area (Å²) in [6.07, 6.45) is 1.89. The molecule has 5 heteroatoms. The molecule has 0 saturated heterocycles. The number of halogens is 1. The summed E-state index contributed by atoms with van der Waals surface area (Å²) in [5, 5.41) is 4.31. The maximum atomic E-state index is 5.49. The Bertz CT molecular complexity index is 439. The number of aromatic nitrogens is 2. The van der Waals surface area contributed by atoms with Gasteiger partial charge in [-0.05, 0) is 30.3 Å². The van der Waals surface area contributed by atoms with E-state index in [9.17, 15) is 0 Å². The molecule has 1 heterocycles. The summed E-state index contributed by atoms with van der Waals surface area (Å²) < 4.78 is 6.88. The van der Waals surface area contributed by atoms with Gasteiger partial charge in [0.25, 0.3) is 0 Å². The lowest BCUT2D eigenvalue weighted by atomic mass is 10.3. The van der Waals surface area contributed by atoms with Crippen LogP contribution < -0.4 is 10.5 Å². The minimum absolute atomic E-state index is 0. The summed E-state index contributed by atoms with van der Waals surface area (Å²) in [6.45, 7) is 0.461. The summed E-state index contributed by atoms with van der Waals surface area (Å²) in [5.74, 6) is 0.838. The van der Waals surface area contributed by atoms with Crippen molar-refractivity contribution in [2.45, 2.75) is 6.54 Å². The van der Waals surface area contributed by atoms with Crippen molar-refractivity contribution < 1.29 is 4.74 Å². The van der Waals surface area contributed by atoms with E-state index in [2.05, 4.69) is 5.10 Å². The molecule has 2 aromatic rings. The van der Waals surface area contributed by atoms with Gasteiger partial charge in [0.2, 0.25) is 0 Å². The highest BCUT2D eigenvalue weighted by Gasteiger charge is 1.99. The van der Waals surface area contributed by atoms with Gasteiger partial charge in [-0.15, -0.1) is 12.4 Å². The third-order valence-corrected chi connectivity index (χ3v) is 2.19. The monoisotopic (exact) mass is 239 g/mol. The molecule has 0 radical (unpaired) electrons. The Morgan fingerprint density at radius 2 is 1.94 bits per heavy atom. The van der Waals surface area contributed by atoms with Gasteiger partial charge in [0.1, 0.15) is 5.75 Å². The van der Waals surface area contributed by atoms with Gasteiger partial charge >= 0.3 is 0 Å². The van der Waals surface area contributed by atoms with Crippen molar-refractivity contribution in [3.63, 3.8) is 0 Å². The number of nitrogens with zero attached hydrogens (tertiary/aromatic N) is 2. The first-order valence-electron chi connectivity index (χ1n) is 4.72. The number of ether oxygens (including phenoxy) is 1. The van der Waals surface area contributed by atoms with E-state index in [-0.39, 0.29) is 12.4 Å². The molecule has 86 valence electrons. The van der Waals surface area contributed by atoms with Gasteiger partial charge in [-0.2, -0.15) is 5.10 Å². The third kappa shape index (κ3) is 2.53. The molecule has 1 aromatic carbocycles. The van der Waals surface area contributed by atoms with Crippen LogP contribution in [0, 0.1) is 0 Å². The lowest BCUT2D eigenvalue weighted by Gasteiger charge is -2.02. The van der Waals surface area contributed by atoms with E-state index < -0.39 is 0 Å². The van der Waals surface area contributed by atoms with Crippen molar-refractivity contribution in [3.8, 4) is 11.4 Å². The topological polar surface area (TPSA) is 53.1 Å². The van der Waals surface area contributed by atoms with Crippen LogP contribution in [-0.2, 0) is 6.54 Å². The summed E-state index contributed by atoms with van der Waals surface area (Å²) in [4.78, 5) is 0. The molecule has 0 aliphatic carbocycles. The lowest BCUT2D eigenvalue weighted by Crippen LogP contribution is -2.00. The third-order valence-electron chi connectivity index (χ3n) is 2.19. The van der Waals surface area contributed by atoms with E-state index in [1.807, 2.05) is 36.5 Å². The van der Waals surface area contributed by atoms with E-state index >= 15 is 0 Å². The van der Waals surface area contributed by atoms with Crippen LogP contribution in [0.25, 0.3) is 5.69 Å². The first-order valence-corrected chi connectivity index (χ1v) is 4.72. The van der Waals surface area contributed by atoms with Crippen LogP contribution in [0.2, 0.25) is 0 Å². The molecule has 0 fully saturated rings. The minimum Gasteiger partial charge on any atom is -0.497 e. The van der Waals surface area contributed by atoms with Crippen molar-refractivity contribution >= 4 is 12.4 Å². The maximum Gasteiger partial charge on any atom is 0.119 e. The second-order valence-corrected chi connectivity index (χ2v) is 3.15. The molecule has 4 nitrogen and oxygen atoms in total. The quantitative estimate of drug-likeness (QED) is 0.888. The van der Waals surface area contributed by atoms with Crippen molar-refractivity contribution in [1.82, 2.24) is 9.78 Å². The van der Waals surface area contributed by atoms with Crippen LogP contribution in [0.3, 0.4) is 0 Å². The van der Waals surface area contributed by atoms with Gasteiger partial charge in [0.05, 0.1) is 18.5 Å². The standard InChI is InChI=1S/C11H13N3O.ClH/c1-15-11-4-2-10(3-5-11)14-7-6-9(8-12)13-14;/h2-7H,8,12H2,1H3;1H. The summed E-state index contributed by atoms with van der Waals surface area (Å²) >= 11 is 0. The zero-order chi connectivity index (χ0) is 10.7. The molecule has 1 aromatic heterocycles. The van der Waals surface area contributed by atoms with E-state index in [0.29, 0.717) is 6.54 Å². The first-order chi connectivity index (χ1) is 7.33. The average Bonchev–Trinajstić information content (AvgIpc) is 2.78. The molecule has 2 rings (SSSR count). The molecule has 0 amide bonds. The predicted molar refractivity (Wildman–Crippen MR) is 65.3 cm³/mol. The fraction of sp³-hybridized carbons (Fsp3) is 0.182. The fourth-order valence-corrected chi connectivity index (χ4v) is 1.35. The van der Waals surface area contributed by atoms with Crippen molar-refractivity contribution in [2.75, 3.05) is 7.11 Å². The van der Waals surface area contributed by atoms with Gasteiger partial charge in [-0.1, -0.05) is 0 Å². The Kier molecular flexibility index (Phi) is 4.34. The highest BCUT2D eigenvalue weighted by atomic mass is 35.5. The number of rotatable bonds is 3. The second kappa shape index (κ2) is 5.53. The average molecular weight is 240 g/mol. The Morgan fingerprint density at radius 3 is 2.44 bits per heavy atom. The van der Waals surface area contributed by atoms with Crippen LogP contribution in [0.15, 0.2) is 36.5 Å². The van der Waals surface area contributed by atoms with E-state index in [1.54, 1.807) is 11.8 Å². The van der Waals surface area contributed by atoms with Crippen molar-refractivity contribution in [2.24, 2.45) is 5.73 Å². The highest BCUT2D eigenvalue weighted by molar-refractivity contribution is 5.85. The molecular weight excluding hydrogens is 226 g/mol. The Hall–Kier alpha value is -1.52. The van der Waals surface area contributed by atoms with Crippen molar-refractivity contribution in [1.29, 1.82) is 0 Å². The summed E-state index contributed by atoms with van der Waals surface area (Å²) in [7, 11) is 1.65. The van der Waals surface area contributed by atoms with Gasteiger partial charge in [0, 0.05) is 12.7 Å². The van der Waals surface area contributed by atoms with Crippen LogP contribution >= 0.6 is 12.4 Å². The molecule has 0 saturated carbocycles. The maximum absolute atomic E-state index is 5.49. The Labute approximate surface area is 100 Å². The van der Waals surface area contributed by atoms with E-state index in [0.717, 1.165) is 17.1 Å². The highest BCUT2D eigenvalue weighted by Crippen LogP contribution is 2.14. The summed E-state index contributed by atoms with van der Waals surface area (Å²) in [6, 6.07) is 9.61. The first kappa shape index (κ1) is 12.5. The SMILES string of the molecule is COc1ccc(-n2ccc(CN)n2)cc1.Cl. The largest absolute Gasteiger partial charge is 0.497 e. The summed E-state index contributed by atoms with van der Waals surface area (Å²) in [5.41, 5.74) is 7.37. The molecule has 16 heavy (non-hydrogen) atoms. The smallest absolute Gasteiger partial charge is 0.119 e. The zero-order valence-electron chi connectivity index (χ0n) is 8.96. The molecular formula is C11H14ClN3O. The Morgan fingerprint density at radius 1 is 1.25 bits per heavy atom. The van der Waals surface area contributed by atoms with Crippen LogP contribution in [0.4, 0.5) is 0 Å². The van der Waals surface area contributed by atoms with Gasteiger partial charge in [-0.3, -0.25) is 0 Å². The van der Waals surface area contributed by atoms with Crippen molar-refractivity contribution in [3.05, 3.63) is 42.2 Å². The van der Waals surface area contributed by atoms with Gasteiger partial charge < -0.3 is 10.5 Å².